The van der Waals surface area contributed by atoms with Crippen molar-refractivity contribution < 1.29 is 13.2 Å². The molecule has 0 amide bonds. The molecule has 5 nitrogen and oxygen atoms in total. The van der Waals surface area contributed by atoms with Crippen LogP contribution < -0.4 is 10.1 Å². The van der Waals surface area contributed by atoms with E-state index in [1.165, 1.54) is 6.26 Å². The lowest BCUT2D eigenvalue weighted by atomic mass is 10.2. The third-order valence-electron chi connectivity index (χ3n) is 3.46. The van der Waals surface area contributed by atoms with Crippen molar-refractivity contribution in [3.8, 4) is 5.88 Å². The van der Waals surface area contributed by atoms with Gasteiger partial charge in [-0.15, -0.1) is 0 Å². The minimum absolute atomic E-state index is 0.0275. The molecule has 0 bridgehead atoms. The van der Waals surface area contributed by atoms with Crippen LogP contribution in [0.1, 0.15) is 33.1 Å². The van der Waals surface area contributed by atoms with Gasteiger partial charge in [-0.05, 0) is 45.2 Å². The van der Waals surface area contributed by atoms with Crippen LogP contribution in [-0.2, 0) is 9.84 Å². The lowest BCUT2D eigenvalue weighted by molar-refractivity contribution is 0.234. The molecular weight excluding hydrogens is 276 g/mol. The summed E-state index contributed by atoms with van der Waals surface area (Å²) in [7, 11) is -3.03. The lowest BCUT2D eigenvalue weighted by Gasteiger charge is -2.22. The molecule has 1 aliphatic carbocycles. The molecule has 0 radical (unpaired) electrons. The minimum atomic E-state index is -3.03. The van der Waals surface area contributed by atoms with E-state index in [2.05, 4.69) is 10.3 Å². The first-order valence-corrected chi connectivity index (χ1v) is 8.90. The number of hydrogen-bond acceptors (Lipinski definition) is 5. The molecule has 1 N–H and O–H groups in total. The Bertz CT molecular complexity index is 557. The van der Waals surface area contributed by atoms with E-state index in [0.717, 1.165) is 24.9 Å². The van der Waals surface area contributed by atoms with Gasteiger partial charge in [-0.3, -0.25) is 0 Å². The molecule has 1 heterocycles. The molecule has 6 heteroatoms. The first kappa shape index (κ1) is 15.1. The Kier molecular flexibility index (Phi) is 4.52. The van der Waals surface area contributed by atoms with E-state index < -0.39 is 9.84 Å². The molecule has 0 aliphatic heterocycles. The molecule has 1 fully saturated rings. The van der Waals surface area contributed by atoms with Gasteiger partial charge in [0.25, 0.3) is 0 Å². The molecule has 2 unspecified atom stereocenters. The van der Waals surface area contributed by atoms with Crippen molar-refractivity contribution in [1.82, 2.24) is 4.98 Å². The Labute approximate surface area is 120 Å². The second kappa shape index (κ2) is 5.99. The van der Waals surface area contributed by atoms with Crippen LogP contribution in [0, 0.1) is 0 Å². The summed E-state index contributed by atoms with van der Waals surface area (Å²) >= 11 is 0. The third-order valence-corrected chi connectivity index (χ3v) is 5.13. The van der Waals surface area contributed by atoms with Crippen molar-refractivity contribution in [2.45, 2.75) is 50.5 Å². The minimum Gasteiger partial charge on any atom is -0.473 e. The van der Waals surface area contributed by atoms with E-state index in [-0.39, 0.29) is 17.4 Å². The van der Waals surface area contributed by atoms with Crippen LogP contribution in [0.25, 0.3) is 0 Å². The highest BCUT2D eigenvalue weighted by molar-refractivity contribution is 7.91. The van der Waals surface area contributed by atoms with Gasteiger partial charge in [-0.2, -0.15) is 0 Å². The Morgan fingerprint density at radius 2 is 2.15 bits per heavy atom. The van der Waals surface area contributed by atoms with E-state index in [9.17, 15) is 8.42 Å². The first-order valence-electron chi connectivity index (χ1n) is 6.95. The number of anilines is 1. The van der Waals surface area contributed by atoms with Crippen molar-refractivity contribution in [1.29, 1.82) is 0 Å². The van der Waals surface area contributed by atoms with Gasteiger partial charge in [0.2, 0.25) is 5.88 Å². The Morgan fingerprint density at radius 3 is 2.80 bits per heavy atom. The number of pyridine rings is 1. The summed E-state index contributed by atoms with van der Waals surface area (Å²) in [5.74, 6) is 0.529. The summed E-state index contributed by atoms with van der Waals surface area (Å²) in [5.41, 5.74) is 0.766. The summed E-state index contributed by atoms with van der Waals surface area (Å²) in [6, 6.07) is 3.63. The summed E-state index contributed by atoms with van der Waals surface area (Å²) < 4.78 is 29.3. The molecule has 1 aromatic rings. The van der Waals surface area contributed by atoms with Gasteiger partial charge < -0.3 is 10.1 Å². The van der Waals surface area contributed by atoms with Gasteiger partial charge in [0, 0.05) is 18.5 Å². The summed E-state index contributed by atoms with van der Waals surface area (Å²) in [6.07, 6.45) is 5.51. The Balaban J connectivity index is 2.17. The van der Waals surface area contributed by atoms with E-state index >= 15 is 0 Å². The number of aromatic nitrogens is 1. The second-order valence-electron chi connectivity index (χ2n) is 5.57. The summed E-state index contributed by atoms with van der Waals surface area (Å²) in [5, 5.41) is 2.98. The van der Waals surface area contributed by atoms with Gasteiger partial charge in [0.1, 0.15) is 0 Å². The number of ether oxygens (including phenoxy) is 1. The molecule has 112 valence electrons. The zero-order valence-corrected chi connectivity index (χ0v) is 13.0. The van der Waals surface area contributed by atoms with Crippen LogP contribution in [0.4, 0.5) is 5.69 Å². The fourth-order valence-electron chi connectivity index (χ4n) is 2.62. The average Bonchev–Trinajstić information content (AvgIpc) is 2.79. The number of sulfone groups is 1. The van der Waals surface area contributed by atoms with Gasteiger partial charge in [-0.1, -0.05) is 0 Å². The Morgan fingerprint density at radius 1 is 1.40 bits per heavy atom. The molecular formula is C14H22N2O3S. The van der Waals surface area contributed by atoms with E-state index in [4.69, 9.17) is 4.74 Å². The van der Waals surface area contributed by atoms with Crippen molar-refractivity contribution >= 4 is 15.5 Å². The standard InChI is InChI=1S/C14H22N2O3S/c1-10(2)19-14-12(7-5-9-15-14)16-11-6-4-8-13(11)20(3,17)18/h5,7,9-11,13,16H,4,6,8H2,1-3H3. The maximum Gasteiger partial charge on any atom is 0.237 e. The van der Waals surface area contributed by atoms with E-state index in [1.807, 2.05) is 26.0 Å². The van der Waals surface area contributed by atoms with Gasteiger partial charge in [-0.25, -0.2) is 13.4 Å². The predicted octanol–water partition coefficient (Wildman–Crippen LogP) is 2.25. The lowest BCUT2D eigenvalue weighted by Crippen LogP contribution is -2.34. The maximum atomic E-state index is 11.8. The van der Waals surface area contributed by atoms with E-state index in [0.29, 0.717) is 5.88 Å². The monoisotopic (exact) mass is 298 g/mol. The first-order chi connectivity index (χ1) is 9.38. The molecule has 2 atom stereocenters. The summed E-state index contributed by atoms with van der Waals surface area (Å²) in [4.78, 5) is 4.21. The zero-order valence-electron chi connectivity index (χ0n) is 12.2. The van der Waals surface area contributed by atoms with Crippen molar-refractivity contribution in [2.75, 3.05) is 11.6 Å². The van der Waals surface area contributed by atoms with E-state index in [1.54, 1.807) is 6.20 Å². The maximum absolute atomic E-state index is 11.8. The number of rotatable bonds is 5. The van der Waals surface area contributed by atoms with Gasteiger partial charge in [0.05, 0.1) is 17.0 Å². The van der Waals surface area contributed by atoms with Crippen LogP contribution in [0.3, 0.4) is 0 Å². The van der Waals surface area contributed by atoms with Crippen molar-refractivity contribution in [3.05, 3.63) is 18.3 Å². The van der Waals surface area contributed by atoms with Gasteiger partial charge in [0.15, 0.2) is 9.84 Å². The topological polar surface area (TPSA) is 68.3 Å². The van der Waals surface area contributed by atoms with Crippen LogP contribution in [0.2, 0.25) is 0 Å². The van der Waals surface area contributed by atoms with Gasteiger partial charge >= 0.3 is 0 Å². The molecule has 1 aliphatic rings. The fraction of sp³-hybridized carbons (Fsp3) is 0.643. The second-order valence-corrected chi connectivity index (χ2v) is 7.84. The largest absolute Gasteiger partial charge is 0.473 e. The van der Waals surface area contributed by atoms with Crippen LogP contribution in [-0.4, -0.2) is 37.1 Å². The highest BCUT2D eigenvalue weighted by Gasteiger charge is 2.35. The molecule has 0 saturated heterocycles. The number of nitrogens with one attached hydrogen (secondary N) is 1. The molecule has 0 aromatic carbocycles. The SMILES string of the molecule is CC(C)Oc1ncccc1NC1CCCC1S(C)(=O)=O. The number of nitrogens with zero attached hydrogens (tertiary/aromatic N) is 1. The van der Waals surface area contributed by atoms with Crippen LogP contribution in [0.5, 0.6) is 5.88 Å². The molecule has 1 aromatic heterocycles. The smallest absolute Gasteiger partial charge is 0.237 e. The number of hydrogen-bond donors (Lipinski definition) is 1. The molecule has 1 saturated carbocycles. The Hall–Kier alpha value is -1.30. The van der Waals surface area contributed by atoms with Crippen LogP contribution in [0.15, 0.2) is 18.3 Å². The predicted molar refractivity (Wildman–Crippen MR) is 79.9 cm³/mol. The fourth-order valence-corrected chi connectivity index (χ4v) is 4.02. The highest BCUT2D eigenvalue weighted by Crippen LogP contribution is 2.31. The summed E-state index contributed by atoms with van der Waals surface area (Å²) in [6.45, 7) is 3.88. The average molecular weight is 298 g/mol. The third kappa shape index (κ3) is 3.62. The van der Waals surface area contributed by atoms with Crippen molar-refractivity contribution in [3.63, 3.8) is 0 Å². The van der Waals surface area contributed by atoms with Crippen molar-refractivity contribution in [2.24, 2.45) is 0 Å². The molecule has 20 heavy (non-hydrogen) atoms. The molecule has 0 spiro atoms. The normalized spacial score (nSPS) is 23.0. The quantitative estimate of drug-likeness (QED) is 0.903. The zero-order chi connectivity index (χ0) is 14.8. The molecule has 2 rings (SSSR count). The highest BCUT2D eigenvalue weighted by atomic mass is 32.2. The van der Waals surface area contributed by atoms with Crippen LogP contribution >= 0.6 is 0 Å².